The Hall–Kier alpha value is -2.18. The third kappa shape index (κ3) is 2.96. The van der Waals surface area contributed by atoms with Gasteiger partial charge in [-0.3, -0.25) is 10.3 Å². The third-order valence-electron chi connectivity index (χ3n) is 3.29. The van der Waals surface area contributed by atoms with Gasteiger partial charge in [-0.05, 0) is 19.9 Å². The standard InChI is InChI=1S/C14H17F2N3O2/c1-8(2)19-11(7-17-13(19)18-14(20)21-3)9-5-4-6-10(15)12(9)16/h4-6,8,11H,7H2,1-3H3,(H,17,18,20). The predicted octanol–water partition coefficient (Wildman–Crippen LogP) is 2.44. The second-order valence-corrected chi connectivity index (χ2v) is 4.94. The summed E-state index contributed by atoms with van der Waals surface area (Å²) in [6.07, 6.45) is -0.653. The number of aliphatic imine (C=N–C) groups is 1. The summed E-state index contributed by atoms with van der Waals surface area (Å²) in [5.74, 6) is -1.49. The molecular weight excluding hydrogens is 280 g/mol. The van der Waals surface area contributed by atoms with E-state index in [0.29, 0.717) is 5.96 Å². The maximum absolute atomic E-state index is 14.0. The average molecular weight is 297 g/mol. The third-order valence-corrected chi connectivity index (χ3v) is 3.29. The zero-order chi connectivity index (χ0) is 15.6. The molecule has 1 aromatic carbocycles. The summed E-state index contributed by atoms with van der Waals surface area (Å²) < 4.78 is 31.9. The molecule has 0 saturated carbocycles. The number of benzene rings is 1. The maximum atomic E-state index is 14.0. The van der Waals surface area contributed by atoms with E-state index in [4.69, 9.17) is 0 Å². The Morgan fingerprint density at radius 3 is 2.81 bits per heavy atom. The normalized spacial score (nSPS) is 17.9. The van der Waals surface area contributed by atoms with Crippen molar-refractivity contribution in [2.75, 3.05) is 13.7 Å². The number of hydrogen-bond acceptors (Lipinski definition) is 4. The summed E-state index contributed by atoms with van der Waals surface area (Å²) in [4.78, 5) is 17.3. The zero-order valence-electron chi connectivity index (χ0n) is 12.1. The van der Waals surface area contributed by atoms with Gasteiger partial charge in [0.2, 0.25) is 5.96 Å². The van der Waals surface area contributed by atoms with Gasteiger partial charge in [-0.25, -0.2) is 13.6 Å². The minimum Gasteiger partial charge on any atom is -0.453 e. The van der Waals surface area contributed by atoms with Crippen molar-refractivity contribution in [3.05, 3.63) is 35.4 Å². The van der Waals surface area contributed by atoms with Gasteiger partial charge in [0.05, 0.1) is 19.7 Å². The van der Waals surface area contributed by atoms with Crippen molar-refractivity contribution >= 4 is 12.1 Å². The van der Waals surface area contributed by atoms with Gasteiger partial charge in [-0.2, -0.15) is 0 Å². The lowest BCUT2D eigenvalue weighted by Crippen LogP contribution is -2.46. The number of ether oxygens (including phenoxy) is 1. The van der Waals surface area contributed by atoms with Gasteiger partial charge in [0.15, 0.2) is 11.6 Å². The second kappa shape index (κ2) is 6.07. The number of hydrogen-bond donors (Lipinski definition) is 1. The summed E-state index contributed by atoms with van der Waals surface area (Å²) >= 11 is 0. The molecule has 1 atom stereocenters. The Morgan fingerprint density at radius 2 is 2.19 bits per heavy atom. The molecule has 0 bridgehead atoms. The van der Waals surface area contributed by atoms with Gasteiger partial charge in [0, 0.05) is 11.6 Å². The molecule has 114 valence electrons. The Labute approximate surface area is 121 Å². The van der Waals surface area contributed by atoms with E-state index >= 15 is 0 Å². The van der Waals surface area contributed by atoms with Crippen molar-refractivity contribution in [3.8, 4) is 0 Å². The Balaban J connectivity index is 2.30. The highest BCUT2D eigenvalue weighted by Crippen LogP contribution is 2.30. The molecule has 1 unspecified atom stereocenters. The first-order chi connectivity index (χ1) is 9.95. The van der Waals surface area contributed by atoms with Crippen LogP contribution in [0.1, 0.15) is 25.5 Å². The van der Waals surface area contributed by atoms with Gasteiger partial charge in [-0.1, -0.05) is 12.1 Å². The highest BCUT2D eigenvalue weighted by atomic mass is 19.2. The van der Waals surface area contributed by atoms with E-state index in [0.717, 1.165) is 6.07 Å². The second-order valence-electron chi connectivity index (χ2n) is 4.94. The van der Waals surface area contributed by atoms with Crippen molar-refractivity contribution < 1.29 is 18.3 Å². The number of nitrogens with zero attached hydrogens (tertiary/aromatic N) is 2. The molecule has 2 rings (SSSR count). The van der Waals surface area contributed by atoms with Crippen LogP contribution in [0.2, 0.25) is 0 Å². The molecule has 0 saturated heterocycles. The lowest BCUT2D eigenvalue weighted by Gasteiger charge is -2.31. The van der Waals surface area contributed by atoms with Crippen LogP contribution in [0, 0.1) is 11.6 Å². The molecule has 1 heterocycles. The molecule has 5 nitrogen and oxygen atoms in total. The molecule has 0 spiro atoms. The van der Waals surface area contributed by atoms with E-state index in [9.17, 15) is 13.6 Å². The van der Waals surface area contributed by atoms with Crippen molar-refractivity contribution in [2.45, 2.75) is 25.9 Å². The van der Waals surface area contributed by atoms with Crippen LogP contribution >= 0.6 is 0 Å². The van der Waals surface area contributed by atoms with Gasteiger partial charge >= 0.3 is 6.09 Å². The number of guanidine groups is 1. The number of alkyl carbamates (subject to hydrolysis) is 1. The van der Waals surface area contributed by atoms with Gasteiger partial charge in [0.1, 0.15) is 0 Å². The molecule has 0 fully saturated rings. The molecular formula is C14H17F2N3O2. The lowest BCUT2D eigenvalue weighted by molar-refractivity contribution is 0.174. The van der Waals surface area contributed by atoms with E-state index in [2.05, 4.69) is 15.0 Å². The van der Waals surface area contributed by atoms with Crippen LogP contribution < -0.4 is 5.32 Å². The van der Waals surface area contributed by atoms with Crippen LogP contribution in [-0.2, 0) is 4.74 Å². The lowest BCUT2D eigenvalue weighted by atomic mass is 10.0. The first-order valence-electron chi connectivity index (χ1n) is 6.57. The number of halogens is 2. The van der Waals surface area contributed by atoms with Crippen molar-refractivity contribution in [1.82, 2.24) is 10.2 Å². The maximum Gasteiger partial charge on any atom is 0.413 e. The molecule has 1 aliphatic rings. The van der Waals surface area contributed by atoms with Crippen LogP contribution in [0.3, 0.4) is 0 Å². The van der Waals surface area contributed by atoms with Crippen molar-refractivity contribution in [2.24, 2.45) is 4.99 Å². The van der Waals surface area contributed by atoms with Crippen LogP contribution in [0.4, 0.5) is 13.6 Å². The van der Waals surface area contributed by atoms with E-state index in [1.165, 1.54) is 19.2 Å². The van der Waals surface area contributed by atoms with Crippen LogP contribution in [0.5, 0.6) is 0 Å². The minimum atomic E-state index is -0.898. The number of carbonyl (C=O) groups is 1. The molecule has 0 radical (unpaired) electrons. The van der Waals surface area contributed by atoms with Gasteiger partial charge in [-0.15, -0.1) is 0 Å². The predicted molar refractivity (Wildman–Crippen MR) is 73.9 cm³/mol. The summed E-state index contributed by atoms with van der Waals surface area (Å²) in [6.45, 7) is 3.99. The summed E-state index contributed by atoms with van der Waals surface area (Å²) in [5, 5.41) is 2.49. The van der Waals surface area contributed by atoms with Crippen LogP contribution in [-0.4, -0.2) is 36.6 Å². The van der Waals surface area contributed by atoms with Crippen LogP contribution in [0.25, 0.3) is 0 Å². The molecule has 1 aliphatic heterocycles. The topological polar surface area (TPSA) is 53.9 Å². The molecule has 7 heteroatoms. The van der Waals surface area contributed by atoms with Gasteiger partial charge in [0.25, 0.3) is 0 Å². The smallest absolute Gasteiger partial charge is 0.413 e. The summed E-state index contributed by atoms with van der Waals surface area (Å²) in [6, 6.07) is 3.53. The molecule has 1 aromatic rings. The first-order valence-corrected chi connectivity index (χ1v) is 6.57. The highest BCUT2D eigenvalue weighted by Gasteiger charge is 2.34. The molecule has 1 amide bonds. The minimum absolute atomic E-state index is 0.0592. The van der Waals surface area contributed by atoms with Crippen LogP contribution in [0.15, 0.2) is 23.2 Å². The van der Waals surface area contributed by atoms with E-state index in [1.807, 2.05) is 13.8 Å². The number of carbonyl (C=O) groups excluding carboxylic acids is 1. The van der Waals surface area contributed by atoms with Gasteiger partial charge < -0.3 is 9.64 Å². The van der Waals surface area contributed by atoms with E-state index in [1.54, 1.807) is 4.90 Å². The summed E-state index contributed by atoms with van der Waals surface area (Å²) in [7, 11) is 1.24. The molecule has 1 N–H and O–H groups in total. The Bertz CT molecular complexity index is 575. The Kier molecular flexibility index (Phi) is 4.40. The van der Waals surface area contributed by atoms with Crippen molar-refractivity contribution in [1.29, 1.82) is 0 Å². The first kappa shape index (κ1) is 15.2. The number of nitrogens with one attached hydrogen (secondary N) is 1. The fourth-order valence-corrected chi connectivity index (χ4v) is 2.37. The fourth-order valence-electron chi connectivity index (χ4n) is 2.37. The summed E-state index contributed by atoms with van der Waals surface area (Å²) in [5.41, 5.74) is 0.217. The average Bonchev–Trinajstić information content (AvgIpc) is 2.85. The fraction of sp³-hybridized carbons (Fsp3) is 0.429. The number of rotatable bonds is 2. The largest absolute Gasteiger partial charge is 0.453 e. The van der Waals surface area contributed by atoms with Crippen molar-refractivity contribution in [3.63, 3.8) is 0 Å². The number of methoxy groups -OCH3 is 1. The van der Waals surface area contributed by atoms with E-state index < -0.39 is 23.8 Å². The molecule has 21 heavy (non-hydrogen) atoms. The SMILES string of the molecule is COC(=O)NC1=NCC(c2cccc(F)c2F)N1C(C)C. The monoisotopic (exact) mass is 297 g/mol. The Morgan fingerprint density at radius 1 is 1.48 bits per heavy atom. The molecule has 0 aromatic heterocycles. The zero-order valence-corrected chi connectivity index (χ0v) is 12.1. The quantitative estimate of drug-likeness (QED) is 0.912. The number of amides is 1. The van der Waals surface area contributed by atoms with E-state index in [-0.39, 0.29) is 18.2 Å². The highest BCUT2D eigenvalue weighted by molar-refractivity contribution is 5.95. The molecule has 0 aliphatic carbocycles.